The van der Waals surface area contributed by atoms with Crippen LogP contribution in [0, 0.1) is 0 Å². The monoisotopic (exact) mass is 268 g/mol. The smallest absolute Gasteiger partial charge is 0.338 e. The minimum Gasteiger partial charge on any atom is -0.462 e. The molecule has 1 rings (SSSR count). The Morgan fingerprint density at radius 3 is 2.13 bits per heavy atom. The van der Waals surface area contributed by atoms with Crippen molar-refractivity contribution in [2.45, 2.75) is 11.2 Å². The SMILES string of the molecule is CCOC(=O)c1ccccc1.ClC(Cl)Cl. The fraction of sp³-hybridized carbons (Fsp3) is 0.300. The Bertz CT molecular complexity index is 273. The van der Waals surface area contributed by atoms with Crippen molar-refractivity contribution < 1.29 is 9.53 Å². The topological polar surface area (TPSA) is 26.3 Å². The first-order valence-electron chi connectivity index (χ1n) is 4.22. The molecule has 0 aliphatic heterocycles. The summed E-state index contributed by atoms with van der Waals surface area (Å²) >= 11 is 14.4. The molecule has 5 heteroatoms. The number of hydrogen-bond acceptors (Lipinski definition) is 2. The highest BCUT2D eigenvalue weighted by Crippen LogP contribution is 2.03. The molecule has 84 valence electrons. The molecular weight excluding hydrogens is 258 g/mol. The van der Waals surface area contributed by atoms with Crippen LogP contribution in [0.5, 0.6) is 0 Å². The third-order valence-corrected chi connectivity index (χ3v) is 1.28. The Balaban J connectivity index is 0.000000423. The van der Waals surface area contributed by atoms with Gasteiger partial charge in [-0.15, -0.1) is 0 Å². The van der Waals surface area contributed by atoms with Gasteiger partial charge in [-0.2, -0.15) is 0 Å². The highest BCUT2D eigenvalue weighted by atomic mass is 35.6. The van der Waals surface area contributed by atoms with Gasteiger partial charge >= 0.3 is 5.97 Å². The predicted octanol–water partition coefficient (Wildman–Crippen LogP) is 3.85. The molecule has 1 aromatic carbocycles. The van der Waals surface area contributed by atoms with Gasteiger partial charge in [0, 0.05) is 0 Å². The van der Waals surface area contributed by atoms with E-state index >= 15 is 0 Å². The number of hydrogen-bond donors (Lipinski definition) is 0. The second-order valence-corrected chi connectivity index (χ2v) is 4.31. The van der Waals surface area contributed by atoms with Crippen molar-refractivity contribution in [3.8, 4) is 0 Å². The summed E-state index contributed by atoms with van der Waals surface area (Å²) in [7, 11) is 0. The average Bonchev–Trinajstić information content (AvgIpc) is 2.19. The minimum absolute atomic E-state index is 0.256. The number of ether oxygens (including phenoxy) is 1. The first kappa shape index (κ1) is 14.6. The van der Waals surface area contributed by atoms with Gasteiger partial charge in [0.2, 0.25) is 0 Å². The zero-order valence-corrected chi connectivity index (χ0v) is 10.4. The van der Waals surface area contributed by atoms with Crippen LogP contribution in [0.25, 0.3) is 0 Å². The molecule has 0 N–H and O–H groups in total. The van der Waals surface area contributed by atoms with Crippen molar-refractivity contribution in [3.63, 3.8) is 0 Å². The second kappa shape index (κ2) is 8.84. The van der Waals surface area contributed by atoms with Crippen LogP contribution in [-0.2, 0) is 4.74 Å². The lowest BCUT2D eigenvalue weighted by Gasteiger charge is -1.99. The lowest BCUT2D eigenvalue weighted by Crippen LogP contribution is -2.03. The van der Waals surface area contributed by atoms with Gasteiger partial charge in [0.15, 0.2) is 4.30 Å². The normalized spacial score (nSPS) is 9.13. The van der Waals surface area contributed by atoms with E-state index in [1.807, 2.05) is 18.2 Å². The maximum absolute atomic E-state index is 11.0. The van der Waals surface area contributed by atoms with E-state index in [0.717, 1.165) is 0 Å². The molecule has 0 aliphatic carbocycles. The van der Waals surface area contributed by atoms with Crippen LogP contribution in [-0.4, -0.2) is 16.9 Å². The fourth-order valence-corrected chi connectivity index (χ4v) is 0.789. The van der Waals surface area contributed by atoms with E-state index in [1.165, 1.54) is 0 Å². The standard InChI is InChI=1S/C9H10O2.CHCl3/c1-2-11-9(10)8-6-4-3-5-7-8;2-1(3)4/h3-7H,2H2,1H3;1H. The number of alkyl halides is 3. The van der Waals surface area contributed by atoms with Crippen LogP contribution >= 0.6 is 34.8 Å². The van der Waals surface area contributed by atoms with Gasteiger partial charge in [-0.1, -0.05) is 53.0 Å². The summed E-state index contributed by atoms with van der Waals surface area (Å²) in [5, 5.41) is 0. The van der Waals surface area contributed by atoms with Crippen LogP contribution in [0.2, 0.25) is 0 Å². The molecule has 0 heterocycles. The maximum Gasteiger partial charge on any atom is 0.338 e. The molecule has 0 unspecified atom stereocenters. The third kappa shape index (κ3) is 8.55. The number of halogens is 3. The molecule has 0 aromatic heterocycles. The Morgan fingerprint density at radius 1 is 1.27 bits per heavy atom. The summed E-state index contributed by atoms with van der Waals surface area (Å²) in [4.78, 5) is 11.0. The maximum atomic E-state index is 11.0. The zero-order chi connectivity index (χ0) is 11.7. The fourth-order valence-electron chi connectivity index (χ4n) is 0.789. The number of esters is 1. The molecule has 15 heavy (non-hydrogen) atoms. The number of carbonyl (C=O) groups excluding carboxylic acids is 1. The summed E-state index contributed by atoms with van der Waals surface area (Å²) in [6.45, 7) is 2.22. The molecule has 0 atom stereocenters. The van der Waals surface area contributed by atoms with Gasteiger partial charge in [-0.05, 0) is 19.1 Å². The molecule has 0 radical (unpaired) electrons. The van der Waals surface area contributed by atoms with Gasteiger partial charge in [-0.3, -0.25) is 0 Å². The molecule has 0 bridgehead atoms. The molecule has 0 saturated heterocycles. The van der Waals surface area contributed by atoms with Gasteiger partial charge in [0.05, 0.1) is 12.2 Å². The van der Waals surface area contributed by atoms with E-state index in [4.69, 9.17) is 39.5 Å². The van der Waals surface area contributed by atoms with Crippen molar-refractivity contribution in [2.75, 3.05) is 6.61 Å². The van der Waals surface area contributed by atoms with Gasteiger partial charge in [0.1, 0.15) is 0 Å². The Hall–Kier alpha value is -0.440. The van der Waals surface area contributed by atoms with E-state index in [9.17, 15) is 4.79 Å². The average molecular weight is 270 g/mol. The number of carbonyl (C=O) groups is 1. The van der Waals surface area contributed by atoms with Crippen molar-refractivity contribution in [1.29, 1.82) is 0 Å². The van der Waals surface area contributed by atoms with Gasteiger partial charge < -0.3 is 4.74 Å². The largest absolute Gasteiger partial charge is 0.462 e. The summed E-state index contributed by atoms with van der Waals surface area (Å²) in [6, 6.07) is 8.96. The third-order valence-electron chi connectivity index (χ3n) is 1.28. The Labute approximate surface area is 104 Å². The van der Waals surface area contributed by atoms with Crippen molar-refractivity contribution in [1.82, 2.24) is 0 Å². The van der Waals surface area contributed by atoms with Crippen LogP contribution in [0.4, 0.5) is 0 Å². The van der Waals surface area contributed by atoms with Crippen LogP contribution < -0.4 is 0 Å². The molecule has 2 nitrogen and oxygen atoms in total. The number of rotatable bonds is 2. The number of benzene rings is 1. The molecule has 0 spiro atoms. The molecular formula is C10H11Cl3O2. The summed E-state index contributed by atoms with van der Waals surface area (Å²) in [5.41, 5.74) is 0.606. The van der Waals surface area contributed by atoms with Crippen LogP contribution in [0.3, 0.4) is 0 Å². The highest BCUT2D eigenvalue weighted by Gasteiger charge is 2.02. The molecule has 0 aliphatic rings. The summed E-state index contributed by atoms with van der Waals surface area (Å²) < 4.78 is 4.04. The van der Waals surface area contributed by atoms with E-state index in [2.05, 4.69) is 0 Å². The van der Waals surface area contributed by atoms with E-state index in [-0.39, 0.29) is 5.97 Å². The molecule has 0 fully saturated rings. The first-order valence-corrected chi connectivity index (χ1v) is 5.53. The summed E-state index contributed by atoms with van der Waals surface area (Å²) in [6.07, 6.45) is 0. The molecule has 0 saturated carbocycles. The molecule has 1 aromatic rings. The molecule has 0 amide bonds. The van der Waals surface area contributed by atoms with Gasteiger partial charge in [0.25, 0.3) is 0 Å². The van der Waals surface area contributed by atoms with E-state index in [0.29, 0.717) is 12.2 Å². The van der Waals surface area contributed by atoms with E-state index in [1.54, 1.807) is 19.1 Å². The van der Waals surface area contributed by atoms with Crippen molar-refractivity contribution in [3.05, 3.63) is 35.9 Å². The van der Waals surface area contributed by atoms with E-state index < -0.39 is 4.30 Å². The lowest BCUT2D eigenvalue weighted by atomic mass is 10.2. The van der Waals surface area contributed by atoms with Crippen molar-refractivity contribution >= 4 is 40.8 Å². The summed E-state index contributed by atoms with van der Waals surface area (Å²) in [5.74, 6) is -0.256. The Morgan fingerprint density at radius 2 is 1.73 bits per heavy atom. The lowest BCUT2D eigenvalue weighted by molar-refractivity contribution is 0.0526. The Kier molecular flexibility index (Phi) is 8.58. The quantitative estimate of drug-likeness (QED) is 0.602. The second-order valence-electron chi connectivity index (χ2n) is 2.33. The van der Waals surface area contributed by atoms with Crippen LogP contribution in [0.15, 0.2) is 30.3 Å². The zero-order valence-electron chi connectivity index (χ0n) is 8.12. The van der Waals surface area contributed by atoms with Crippen LogP contribution in [0.1, 0.15) is 17.3 Å². The first-order chi connectivity index (χ1) is 7.07. The predicted molar refractivity (Wildman–Crippen MR) is 63.7 cm³/mol. The minimum atomic E-state index is -0.750. The van der Waals surface area contributed by atoms with Gasteiger partial charge in [-0.25, -0.2) is 4.79 Å². The highest BCUT2D eigenvalue weighted by molar-refractivity contribution is 6.63. The van der Waals surface area contributed by atoms with Crippen molar-refractivity contribution in [2.24, 2.45) is 0 Å².